The van der Waals surface area contributed by atoms with Gasteiger partial charge in [-0.2, -0.15) is 11.8 Å². The van der Waals surface area contributed by atoms with Gasteiger partial charge in [-0.3, -0.25) is 0 Å². The molecule has 0 unspecified atom stereocenters. The van der Waals surface area contributed by atoms with Gasteiger partial charge in [-0.05, 0) is 17.7 Å². The van der Waals surface area contributed by atoms with Crippen molar-refractivity contribution >= 4 is 17.7 Å². The van der Waals surface area contributed by atoms with Crippen LogP contribution in [0.2, 0.25) is 0 Å². The molecule has 94 valence electrons. The zero-order chi connectivity index (χ0) is 12.5. The summed E-state index contributed by atoms with van der Waals surface area (Å²) in [6.45, 7) is 1.82. The number of carboxylic acid groups (broad SMARTS) is 1. The SMILES string of the molecule is NCCOCCSCc1cccc(C(=O)O)c1. The number of aromatic carboxylic acids is 1. The van der Waals surface area contributed by atoms with Gasteiger partial charge in [0.05, 0.1) is 18.8 Å². The number of carbonyl (C=O) groups is 1. The second kappa shape index (κ2) is 8.11. The monoisotopic (exact) mass is 255 g/mol. The highest BCUT2D eigenvalue weighted by molar-refractivity contribution is 7.98. The summed E-state index contributed by atoms with van der Waals surface area (Å²) in [5.74, 6) is 0.799. The summed E-state index contributed by atoms with van der Waals surface area (Å²) in [4.78, 5) is 10.8. The zero-order valence-corrected chi connectivity index (χ0v) is 10.4. The number of benzene rings is 1. The van der Waals surface area contributed by atoms with Crippen LogP contribution in [-0.2, 0) is 10.5 Å². The maximum Gasteiger partial charge on any atom is 0.335 e. The van der Waals surface area contributed by atoms with Gasteiger partial charge in [-0.15, -0.1) is 0 Å². The molecule has 4 nitrogen and oxygen atoms in total. The number of carboxylic acids is 1. The van der Waals surface area contributed by atoms with Gasteiger partial charge in [0.2, 0.25) is 0 Å². The minimum atomic E-state index is -0.886. The minimum absolute atomic E-state index is 0.336. The molecule has 0 aromatic heterocycles. The van der Waals surface area contributed by atoms with Gasteiger partial charge in [-0.1, -0.05) is 12.1 Å². The molecule has 0 saturated carbocycles. The Kier molecular flexibility index (Phi) is 6.69. The minimum Gasteiger partial charge on any atom is -0.478 e. The largest absolute Gasteiger partial charge is 0.478 e. The molecule has 1 aromatic rings. The van der Waals surface area contributed by atoms with Crippen LogP contribution in [0, 0.1) is 0 Å². The third-order valence-electron chi connectivity index (χ3n) is 2.08. The van der Waals surface area contributed by atoms with E-state index in [0.29, 0.717) is 25.3 Å². The standard InChI is InChI=1S/C12H17NO3S/c13-4-5-16-6-7-17-9-10-2-1-3-11(8-10)12(14)15/h1-3,8H,4-7,9,13H2,(H,14,15). The topological polar surface area (TPSA) is 72.5 Å². The summed E-state index contributed by atoms with van der Waals surface area (Å²) in [5.41, 5.74) is 6.65. The fraction of sp³-hybridized carbons (Fsp3) is 0.417. The molecule has 3 N–H and O–H groups in total. The van der Waals surface area contributed by atoms with Crippen LogP contribution < -0.4 is 5.73 Å². The van der Waals surface area contributed by atoms with Gasteiger partial charge in [0.25, 0.3) is 0 Å². The molecule has 0 spiro atoms. The Bertz CT molecular complexity index is 357. The van der Waals surface area contributed by atoms with E-state index in [2.05, 4.69) is 0 Å². The van der Waals surface area contributed by atoms with Gasteiger partial charge in [0, 0.05) is 18.1 Å². The van der Waals surface area contributed by atoms with Gasteiger partial charge >= 0.3 is 5.97 Å². The van der Waals surface area contributed by atoms with Crippen LogP contribution in [0.25, 0.3) is 0 Å². The number of rotatable bonds is 8. The van der Waals surface area contributed by atoms with Crippen molar-refractivity contribution in [2.45, 2.75) is 5.75 Å². The Morgan fingerprint density at radius 1 is 1.41 bits per heavy atom. The second-order valence-electron chi connectivity index (χ2n) is 3.46. The van der Waals surface area contributed by atoms with Crippen molar-refractivity contribution in [2.24, 2.45) is 5.73 Å². The first kappa shape index (κ1) is 14.0. The van der Waals surface area contributed by atoms with E-state index in [9.17, 15) is 4.79 Å². The van der Waals surface area contributed by atoms with E-state index < -0.39 is 5.97 Å². The van der Waals surface area contributed by atoms with Crippen LogP contribution in [0.5, 0.6) is 0 Å². The fourth-order valence-electron chi connectivity index (χ4n) is 1.29. The van der Waals surface area contributed by atoms with Gasteiger partial charge in [0.15, 0.2) is 0 Å². The molecule has 0 aliphatic heterocycles. The number of thioether (sulfide) groups is 1. The van der Waals surface area contributed by atoms with Crippen LogP contribution in [0.3, 0.4) is 0 Å². The highest BCUT2D eigenvalue weighted by Crippen LogP contribution is 2.13. The summed E-state index contributed by atoms with van der Waals surface area (Å²) < 4.78 is 5.24. The van der Waals surface area contributed by atoms with E-state index in [1.807, 2.05) is 6.07 Å². The van der Waals surface area contributed by atoms with E-state index in [1.165, 1.54) is 0 Å². The molecular formula is C12H17NO3S. The lowest BCUT2D eigenvalue weighted by molar-refractivity contribution is 0.0697. The third-order valence-corrected chi connectivity index (χ3v) is 3.07. The van der Waals surface area contributed by atoms with Crippen LogP contribution >= 0.6 is 11.8 Å². The maximum atomic E-state index is 10.8. The quantitative estimate of drug-likeness (QED) is 0.690. The van der Waals surface area contributed by atoms with Crippen molar-refractivity contribution in [3.05, 3.63) is 35.4 Å². The molecule has 0 fully saturated rings. The first-order chi connectivity index (χ1) is 8.24. The Labute approximate surface area is 105 Å². The van der Waals surface area contributed by atoms with Crippen molar-refractivity contribution in [3.63, 3.8) is 0 Å². The van der Waals surface area contributed by atoms with Gasteiger partial charge in [-0.25, -0.2) is 4.79 Å². The predicted molar refractivity (Wildman–Crippen MR) is 69.4 cm³/mol. The lowest BCUT2D eigenvalue weighted by Crippen LogP contribution is -2.09. The number of nitrogens with two attached hydrogens (primary N) is 1. The maximum absolute atomic E-state index is 10.8. The molecule has 0 aliphatic rings. The van der Waals surface area contributed by atoms with Crippen molar-refractivity contribution in [1.82, 2.24) is 0 Å². The third kappa shape index (κ3) is 5.72. The summed E-state index contributed by atoms with van der Waals surface area (Å²) in [6, 6.07) is 7.00. The molecule has 0 amide bonds. The Balaban J connectivity index is 2.27. The highest BCUT2D eigenvalue weighted by atomic mass is 32.2. The van der Waals surface area contributed by atoms with Crippen LogP contribution in [0.1, 0.15) is 15.9 Å². The van der Waals surface area contributed by atoms with E-state index >= 15 is 0 Å². The molecule has 17 heavy (non-hydrogen) atoms. The number of hydrogen-bond donors (Lipinski definition) is 2. The second-order valence-corrected chi connectivity index (χ2v) is 4.56. The van der Waals surface area contributed by atoms with Crippen molar-refractivity contribution < 1.29 is 14.6 Å². The lowest BCUT2D eigenvalue weighted by atomic mass is 10.1. The summed E-state index contributed by atoms with van der Waals surface area (Å²) in [7, 11) is 0. The highest BCUT2D eigenvalue weighted by Gasteiger charge is 2.02. The zero-order valence-electron chi connectivity index (χ0n) is 9.59. The van der Waals surface area contributed by atoms with Crippen LogP contribution in [0.15, 0.2) is 24.3 Å². The first-order valence-corrected chi connectivity index (χ1v) is 6.57. The molecule has 0 heterocycles. The molecule has 0 saturated heterocycles. The van der Waals surface area contributed by atoms with E-state index in [1.54, 1.807) is 30.0 Å². The summed E-state index contributed by atoms with van der Waals surface area (Å²) in [5, 5.41) is 8.84. The molecular weight excluding hydrogens is 238 g/mol. The smallest absolute Gasteiger partial charge is 0.335 e. The first-order valence-electron chi connectivity index (χ1n) is 5.42. The molecule has 0 radical (unpaired) electrons. The molecule has 0 bridgehead atoms. The van der Waals surface area contributed by atoms with E-state index in [0.717, 1.165) is 17.1 Å². The normalized spacial score (nSPS) is 10.4. The molecule has 0 atom stereocenters. The molecule has 0 aliphatic carbocycles. The molecule has 5 heteroatoms. The van der Waals surface area contributed by atoms with Crippen LogP contribution in [0.4, 0.5) is 0 Å². The Hall–Kier alpha value is -1.04. The fourth-order valence-corrected chi connectivity index (χ4v) is 2.08. The van der Waals surface area contributed by atoms with E-state index in [4.69, 9.17) is 15.6 Å². The van der Waals surface area contributed by atoms with Crippen molar-refractivity contribution in [2.75, 3.05) is 25.5 Å². The predicted octanol–water partition coefficient (Wildman–Crippen LogP) is 1.59. The lowest BCUT2D eigenvalue weighted by Gasteiger charge is -2.04. The Morgan fingerprint density at radius 3 is 2.94 bits per heavy atom. The molecule has 1 aromatic carbocycles. The van der Waals surface area contributed by atoms with Crippen molar-refractivity contribution in [1.29, 1.82) is 0 Å². The average molecular weight is 255 g/mol. The van der Waals surface area contributed by atoms with Gasteiger partial charge in [0.1, 0.15) is 0 Å². The van der Waals surface area contributed by atoms with Crippen LogP contribution in [-0.4, -0.2) is 36.6 Å². The number of hydrogen-bond acceptors (Lipinski definition) is 4. The number of ether oxygens (including phenoxy) is 1. The summed E-state index contributed by atoms with van der Waals surface area (Å²) >= 11 is 1.72. The van der Waals surface area contributed by atoms with Crippen molar-refractivity contribution in [3.8, 4) is 0 Å². The molecule has 1 rings (SSSR count). The summed E-state index contributed by atoms with van der Waals surface area (Å²) in [6.07, 6.45) is 0. The Morgan fingerprint density at radius 2 is 2.24 bits per heavy atom. The average Bonchev–Trinajstić information content (AvgIpc) is 2.34. The van der Waals surface area contributed by atoms with E-state index in [-0.39, 0.29) is 0 Å². The van der Waals surface area contributed by atoms with Gasteiger partial charge < -0.3 is 15.6 Å².